The molecule has 0 fully saturated rings. The molecule has 0 saturated heterocycles. The Bertz CT molecular complexity index is 684. The van der Waals surface area contributed by atoms with E-state index >= 15 is 0 Å². The van der Waals surface area contributed by atoms with Gasteiger partial charge in [-0.15, -0.1) is 0 Å². The van der Waals surface area contributed by atoms with E-state index in [2.05, 4.69) is 5.32 Å². The highest BCUT2D eigenvalue weighted by molar-refractivity contribution is 5.96. The van der Waals surface area contributed by atoms with E-state index in [-0.39, 0.29) is 11.9 Å². The van der Waals surface area contributed by atoms with Crippen molar-refractivity contribution in [3.8, 4) is 5.75 Å². The molecule has 23 heavy (non-hydrogen) atoms. The smallest absolute Gasteiger partial charge is 0.252 e. The Labute approximate surface area is 136 Å². The molecule has 0 radical (unpaired) electrons. The van der Waals surface area contributed by atoms with Gasteiger partial charge in [-0.05, 0) is 30.5 Å². The molecular weight excluding hydrogens is 290 g/mol. The fourth-order valence-corrected chi connectivity index (χ4v) is 2.93. The first-order chi connectivity index (χ1) is 11.3. The minimum absolute atomic E-state index is 0.0307. The van der Waals surface area contributed by atoms with E-state index in [9.17, 15) is 4.79 Å². The van der Waals surface area contributed by atoms with Crippen LogP contribution in [-0.4, -0.2) is 19.6 Å². The first-order valence-electron chi connectivity index (χ1n) is 7.89. The molecule has 0 saturated carbocycles. The summed E-state index contributed by atoms with van der Waals surface area (Å²) in [5.74, 6) is 0.792. The van der Waals surface area contributed by atoms with Gasteiger partial charge >= 0.3 is 0 Å². The van der Waals surface area contributed by atoms with Crippen molar-refractivity contribution < 1.29 is 14.3 Å². The Morgan fingerprint density at radius 1 is 1.22 bits per heavy atom. The summed E-state index contributed by atoms with van der Waals surface area (Å²) in [4.78, 5) is 12.7. The van der Waals surface area contributed by atoms with E-state index in [0.717, 1.165) is 29.7 Å². The molecule has 0 aromatic heterocycles. The third-order valence-corrected chi connectivity index (χ3v) is 4.06. The standard InChI is InChI=1S/C19H21NO3/c1-22-13-14-7-2-3-8-15(14)19(21)20-17-10-6-12-23-18-11-5-4-9-16(17)18/h2-5,7-9,11,17H,6,10,12-13H2,1H3,(H,20,21). The van der Waals surface area contributed by atoms with Crippen LogP contribution in [0.2, 0.25) is 0 Å². The van der Waals surface area contributed by atoms with Gasteiger partial charge in [0.2, 0.25) is 0 Å². The number of benzene rings is 2. The lowest BCUT2D eigenvalue weighted by molar-refractivity contribution is 0.0930. The Morgan fingerprint density at radius 3 is 2.87 bits per heavy atom. The summed E-state index contributed by atoms with van der Waals surface area (Å²) in [6.07, 6.45) is 1.79. The van der Waals surface area contributed by atoms with Gasteiger partial charge in [-0.3, -0.25) is 4.79 Å². The van der Waals surface area contributed by atoms with Crippen molar-refractivity contribution in [2.24, 2.45) is 0 Å². The summed E-state index contributed by atoms with van der Waals surface area (Å²) >= 11 is 0. The molecule has 0 spiro atoms. The molecule has 1 unspecified atom stereocenters. The first-order valence-corrected chi connectivity index (χ1v) is 7.89. The Morgan fingerprint density at radius 2 is 2.00 bits per heavy atom. The first kappa shape index (κ1) is 15.6. The second-order valence-electron chi connectivity index (χ2n) is 5.64. The van der Waals surface area contributed by atoms with Crippen molar-refractivity contribution in [3.05, 3.63) is 65.2 Å². The highest BCUT2D eigenvalue weighted by Gasteiger charge is 2.22. The highest BCUT2D eigenvalue weighted by Crippen LogP contribution is 2.31. The van der Waals surface area contributed by atoms with E-state index < -0.39 is 0 Å². The number of hydrogen-bond acceptors (Lipinski definition) is 3. The zero-order chi connectivity index (χ0) is 16.1. The van der Waals surface area contributed by atoms with Crippen LogP contribution in [0.15, 0.2) is 48.5 Å². The number of fused-ring (bicyclic) bond motifs is 1. The van der Waals surface area contributed by atoms with Crippen LogP contribution >= 0.6 is 0 Å². The van der Waals surface area contributed by atoms with Gasteiger partial charge in [-0.1, -0.05) is 36.4 Å². The molecule has 1 N–H and O–H groups in total. The maximum atomic E-state index is 12.7. The molecule has 1 aliphatic heterocycles. The Balaban J connectivity index is 1.83. The molecule has 1 heterocycles. The molecule has 2 aromatic rings. The molecule has 0 bridgehead atoms. The zero-order valence-corrected chi connectivity index (χ0v) is 13.2. The van der Waals surface area contributed by atoms with E-state index in [0.29, 0.717) is 18.8 Å². The molecule has 3 rings (SSSR count). The van der Waals surface area contributed by atoms with Crippen LogP contribution in [0.25, 0.3) is 0 Å². The Kier molecular flexibility index (Phi) is 4.93. The number of nitrogens with one attached hydrogen (secondary N) is 1. The highest BCUT2D eigenvalue weighted by atomic mass is 16.5. The maximum absolute atomic E-state index is 12.7. The molecule has 1 amide bonds. The SMILES string of the molecule is COCc1ccccc1C(=O)NC1CCCOc2ccccc21. The number of para-hydroxylation sites is 1. The number of hydrogen-bond donors (Lipinski definition) is 1. The number of rotatable bonds is 4. The summed E-state index contributed by atoms with van der Waals surface area (Å²) in [5.41, 5.74) is 2.60. The predicted octanol–water partition coefficient (Wildman–Crippen LogP) is 3.48. The molecule has 4 heteroatoms. The van der Waals surface area contributed by atoms with Crippen LogP contribution < -0.4 is 10.1 Å². The van der Waals surface area contributed by atoms with Gasteiger partial charge in [-0.25, -0.2) is 0 Å². The molecule has 0 aliphatic carbocycles. The minimum atomic E-state index is -0.0700. The van der Waals surface area contributed by atoms with Gasteiger partial charge in [-0.2, -0.15) is 0 Å². The fraction of sp³-hybridized carbons (Fsp3) is 0.316. The van der Waals surface area contributed by atoms with E-state index in [4.69, 9.17) is 9.47 Å². The van der Waals surface area contributed by atoms with Crippen molar-refractivity contribution in [1.82, 2.24) is 5.32 Å². The number of carbonyl (C=O) groups is 1. The van der Waals surface area contributed by atoms with E-state index in [1.807, 2.05) is 48.5 Å². The van der Waals surface area contributed by atoms with Crippen LogP contribution in [0.4, 0.5) is 0 Å². The van der Waals surface area contributed by atoms with Gasteiger partial charge in [0.05, 0.1) is 19.3 Å². The van der Waals surface area contributed by atoms with Crippen LogP contribution in [0.1, 0.15) is 40.4 Å². The van der Waals surface area contributed by atoms with Crippen LogP contribution in [0, 0.1) is 0 Å². The maximum Gasteiger partial charge on any atom is 0.252 e. The zero-order valence-electron chi connectivity index (χ0n) is 13.2. The summed E-state index contributed by atoms with van der Waals surface area (Å²) in [6, 6.07) is 15.4. The van der Waals surface area contributed by atoms with Crippen molar-refractivity contribution in [3.63, 3.8) is 0 Å². The predicted molar refractivity (Wildman–Crippen MR) is 88.5 cm³/mol. The lowest BCUT2D eigenvalue weighted by Crippen LogP contribution is -2.29. The van der Waals surface area contributed by atoms with Crippen LogP contribution in [-0.2, 0) is 11.3 Å². The Hall–Kier alpha value is -2.33. The number of amides is 1. The van der Waals surface area contributed by atoms with Crippen molar-refractivity contribution >= 4 is 5.91 Å². The third kappa shape index (κ3) is 3.54. The second-order valence-corrected chi connectivity index (χ2v) is 5.64. The minimum Gasteiger partial charge on any atom is -0.493 e. The summed E-state index contributed by atoms with van der Waals surface area (Å²) in [7, 11) is 1.63. The van der Waals surface area contributed by atoms with Crippen molar-refractivity contribution in [2.75, 3.05) is 13.7 Å². The van der Waals surface area contributed by atoms with Crippen molar-refractivity contribution in [2.45, 2.75) is 25.5 Å². The fourth-order valence-electron chi connectivity index (χ4n) is 2.93. The van der Waals surface area contributed by atoms with E-state index in [1.54, 1.807) is 7.11 Å². The number of ether oxygens (including phenoxy) is 2. The second kappa shape index (κ2) is 7.29. The molecule has 4 nitrogen and oxygen atoms in total. The number of methoxy groups -OCH3 is 1. The summed E-state index contributed by atoms with van der Waals surface area (Å²) in [6.45, 7) is 1.11. The molecule has 1 aliphatic rings. The van der Waals surface area contributed by atoms with Gasteiger partial charge in [0.1, 0.15) is 5.75 Å². The lowest BCUT2D eigenvalue weighted by atomic mass is 10.0. The monoisotopic (exact) mass is 311 g/mol. The molecule has 1 atom stereocenters. The third-order valence-electron chi connectivity index (χ3n) is 4.06. The van der Waals surface area contributed by atoms with Gasteiger partial charge in [0, 0.05) is 18.2 Å². The van der Waals surface area contributed by atoms with Gasteiger partial charge in [0.15, 0.2) is 0 Å². The number of carbonyl (C=O) groups excluding carboxylic acids is 1. The average Bonchev–Trinajstić information content (AvgIpc) is 2.78. The topological polar surface area (TPSA) is 47.6 Å². The quantitative estimate of drug-likeness (QED) is 0.940. The summed E-state index contributed by atoms with van der Waals surface area (Å²) in [5, 5.41) is 3.16. The normalized spacial score (nSPS) is 16.8. The van der Waals surface area contributed by atoms with Crippen LogP contribution in [0.3, 0.4) is 0 Å². The molecule has 2 aromatic carbocycles. The lowest BCUT2D eigenvalue weighted by Gasteiger charge is -2.19. The largest absolute Gasteiger partial charge is 0.493 e. The average molecular weight is 311 g/mol. The van der Waals surface area contributed by atoms with Crippen molar-refractivity contribution in [1.29, 1.82) is 0 Å². The molecular formula is C19H21NO3. The van der Waals surface area contributed by atoms with Gasteiger partial charge < -0.3 is 14.8 Å². The molecule has 120 valence electrons. The summed E-state index contributed by atoms with van der Waals surface area (Å²) < 4.78 is 10.9. The van der Waals surface area contributed by atoms with E-state index in [1.165, 1.54) is 0 Å². The van der Waals surface area contributed by atoms with Crippen LogP contribution in [0.5, 0.6) is 5.75 Å². The van der Waals surface area contributed by atoms with Gasteiger partial charge in [0.25, 0.3) is 5.91 Å².